The molecule has 0 bridgehead atoms. The predicted molar refractivity (Wildman–Crippen MR) is 132 cm³/mol. The Bertz CT molecular complexity index is 933. The molecule has 2 saturated carbocycles. The van der Waals surface area contributed by atoms with Crippen LogP contribution in [0.3, 0.4) is 0 Å². The van der Waals surface area contributed by atoms with Gasteiger partial charge >= 0.3 is 11.9 Å². The molecule has 3 fully saturated rings. The molecule has 2 aliphatic carbocycles. The number of esters is 2. The van der Waals surface area contributed by atoms with E-state index in [0.29, 0.717) is 19.4 Å². The number of ether oxygens (including phenoxy) is 3. The number of aliphatic hydroxyl groups is 2. The Morgan fingerprint density at radius 3 is 2.33 bits per heavy atom. The van der Waals surface area contributed by atoms with Crippen LogP contribution in [-0.4, -0.2) is 88.6 Å². The highest BCUT2D eigenvalue weighted by molar-refractivity contribution is 5.92. The van der Waals surface area contributed by atoms with Gasteiger partial charge in [0.25, 0.3) is 0 Å². The number of fused-ring (bicyclic) bond motifs is 3. The lowest BCUT2D eigenvalue weighted by Gasteiger charge is -2.71. The van der Waals surface area contributed by atoms with Gasteiger partial charge in [0, 0.05) is 31.2 Å². The van der Waals surface area contributed by atoms with Gasteiger partial charge < -0.3 is 29.3 Å². The predicted octanol–water partition coefficient (Wildman–Crippen LogP) is 2.02. The van der Waals surface area contributed by atoms with Gasteiger partial charge in [-0.1, -0.05) is 26.8 Å². The second-order valence-electron chi connectivity index (χ2n) is 12.4. The van der Waals surface area contributed by atoms with Crippen LogP contribution in [0, 0.1) is 16.7 Å². The smallest absolute Gasteiger partial charge is 0.307 e. The van der Waals surface area contributed by atoms with E-state index in [1.165, 1.54) is 19.9 Å². The quantitative estimate of drug-likeness (QED) is 0.409. The topological polar surface area (TPSA) is 123 Å². The van der Waals surface area contributed by atoms with E-state index < -0.39 is 69.6 Å². The zero-order valence-electron chi connectivity index (χ0n) is 22.9. The summed E-state index contributed by atoms with van der Waals surface area (Å²) in [6.45, 7) is 14.2. The fraction of sp³-hybridized carbons (Fsp3) is 0.815. The summed E-state index contributed by atoms with van der Waals surface area (Å²) >= 11 is 0. The van der Waals surface area contributed by atoms with Crippen LogP contribution in [0.2, 0.25) is 0 Å². The molecule has 36 heavy (non-hydrogen) atoms. The molecule has 0 amide bonds. The minimum absolute atomic E-state index is 0.0911. The summed E-state index contributed by atoms with van der Waals surface area (Å²) in [4.78, 5) is 41.3. The van der Waals surface area contributed by atoms with Gasteiger partial charge in [0.1, 0.15) is 11.7 Å². The van der Waals surface area contributed by atoms with Gasteiger partial charge in [-0.25, -0.2) is 0 Å². The summed E-state index contributed by atoms with van der Waals surface area (Å²) in [5.74, 6) is -2.43. The molecule has 3 aliphatic rings. The third-order valence-electron chi connectivity index (χ3n) is 9.03. The number of nitrogens with zero attached hydrogens (tertiary/aromatic N) is 1. The molecule has 9 nitrogen and oxygen atoms in total. The summed E-state index contributed by atoms with van der Waals surface area (Å²) in [6, 6.07) is 0. The van der Waals surface area contributed by atoms with Gasteiger partial charge in [-0.2, -0.15) is 0 Å². The van der Waals surface area contributed by atoms with Gasteiger partial charge in [-0.15, -0.1) is 6.58 Å². The molecule has 1 unspecified atom stereocenters. The zero-order chi connectivity index (χ0) is 27.5. The molecule has 0 aromatic rings. The molecule has 1 heterocycles. The summed E-state index contributed by atoms with van der Waals surface area (Å²) in [5.41, 5.74) is -7.31. The van der Waals surface area contributed by atoms with Crippen LogP contribution in [0.15, 0.2) is 12.7 Å². The van der Waals surface area contributed by atoms with Crippen LogP contribution in [0.4, 0.5) is 0 Å². The zero-order valence-corrected chi connectivity index (χ0v) is 22.9. The molecule has 0 aromatic heterocycles. The fourth-order valence-corrected chi connectivity index (χ4v) is 7.27. The molecular weight excluding hydrogens is 466 g/mol. The maximum absolute atomic E-state index is 13.9. The second kappa shape index (κ2) is 9.19. The number of Topliss-reactive ketones (excluding diaryl/α,β-unsaturated/α-hetero) is 1. The van der Waals surface area contributed by atoms with Crippen molar-refractivity contribution in [2.75, 3.05) is 20.6 Å². The van der Waals surface area contributed by atoms with E-state index in [1.54, 1.807) is 13.8 Å². The van der Waals surface area contributed by atoms with Crippen LogP contribution in [0.5, 0.6) is 0 Å². The van der Waals surface area contributed by atoms with E-state index in [-0.39, 0.29) is 12.8 Å². The van der Waals surface area contributed by atoms with Crippen molar-refractivity contribution in [2.24, 2.45) is 16.7 Å². The van der Waals surface area contributed by atoms with Crippen molar-refractivity contribution in [3.8, 4) is 0 Å². The van der Waals surface area contributed by atoms with Crippen molar-refractivity contribution in [3.05, 3.63) is 12.7 Å². The number of carbonyl (C=O) groups is 3. The highest BCUT2D eigenvalue weighted by atomic mass is 16.6. The van der Waals surface area contributed by atoms with E-state index in [9.17, 15) is 24.6 Å². The molecule has 8 atom stereocenters. The number of rotatable bonds is 6. The van der Waals surface area contributed by atoms with Gasteiger partial charge in [0.2, 0.25) is 0 Å². The molecule has 0 radical (unpaired) electrons. The number of aliphatic hydroxyl groups excluding tert-OH is 1. The maximum atomic E-state index is 13.9. The van der Waals surface area contributed by atoms with Crippen LogP contribution in [0.25, 0.3) is 0 Å². The molecule has 204 valence electrons. The van der Waals surface area contributed by atoms with Crippen LogP contribution < -0.4 is 0 Å². The largest absolute Gasteiger partial charge is 0.458 e. The lowest BCUT2D eigenvalue weighted by Crippen LogP contribution is -2.87. The highest BCUT2D eigenvalue weighted by Crippen LogP contribution is 2.67. The van der Waals surface area contributed by atoms with E-state index in [1.807, 2.05) is 32.8 Å². The molecule has 1 saturated heterocycles. The number of carbonyl (C=O) groups excluding carboxylic acids is 3. The van der Waals surface area contributed by atoms with Crippen molar-refractivity contribution < 1.29 is 38.8 Å². The minimum atomic E-state index is -2.24. The van der Waals surface area contributed by atoms with Gasteiger partial charge in [-0.05, 0) is 46.2 Å². The van der Waals surface area contributed by atoms with E-state index in [4.69, 9.17) is 14.2 Å². The molecule has 3 rings (SSSR count). The summed E-state index contributed by atoms with van der Waals surface area (Å²) in [7, 11) is 3.68. The van der Waals surface area contributed by atoms with Crippen molar-refractivity contribution >= 4 is 17.7 Å². The SMILES string of the molecule is C=C[C@@]1(C)CC(=O)[C@@]2(O)[C@](C)(O1)[C@@H](OC(C)=O)[C@@H](OC(=O)CCN(C)C)C1C(C)(C)CC[C@H](O)[C@@]12C. The Morgan fingerprint density at radius 2 is 1.81 bits per heavy atom. The van der Waals surface area contributed by atoms with Gasteiger partial charge in [-0.3, -0.25) is 14.4 Å². The van der Waals surface area contributed by atoms with Crippen LogP contribution in [-0.2, 0) is 28.6 Å². The van der Waals surface area contributed by atoms with E-state index >= 15 is 0 Å². The Balaban J connectivity index is 2.29. The normalized spacial score (nSPS) is 43.8. The van der Waals surface area contributed by atoms with Gasteiger partial charge in [0.05, 0.1) is 18.1 Å². The Labute approximate surface area is 214 Å². The molecule has 9 heteroatoms. The fourth-order valence-electron chi connectivity index (χ4n) is 7.27. The lowest BCUT2D eigenvalue weighted by molar-refractivity contribution is -0.371. The Morgan fingerprint density at radius 1 is 1.19 bits per heavy atom. The standard InChI is InChI=1S/C27H43NO8/c1-10-24(5)15-18(31)27(33)25(6)17(30)11-13-23(3,4)21(25)20(35-19(32)12-14-28(8)9)22(34-16(2)29)26(27,7)36-24/h10,17,20-22,30,33H,1,11-15H2,2-9H3/t17-,20-,21?,22-,24-,25-,26+,27-/m0/s1. The summed E-state index contributed by atoms with van der Waals surface area (Å²) < 4.78 is 18.4. The van der Waals surface area contributed by atoms with Crippen LogP contribution >= 0.6 is 0 Å². The summed E-state index contributed by atoms with van der Waals surface area (Å²) in [6.07, 6.45) is -1.19. The van der Waals surface area contributed by atoms with Gasteiger partial charge in [0.15, 0.2) is 17.5 Å². The van der Waals surface area contributed by atoms with Crippen molar-refractivity contribution in [2.45, 2.75) is 102 Å². The average Bonchev–Trinajstić information content (AvgIpc) is 2.75. The van der Waals surface area contributed by atoms with Crippen molar-refractivity contribution in [1.82, 2.24) is 4.90 Å². The monoisotopic (exact) mass is 509 g/mol. The average molecular weight is 510 g/mol. The number of hydrogen-bond donors (Lipinski definition) is 2. The first-order valence-corrected chi connectivity index (χ1v) is 12.7. The van der Waals surface area contributed by atoms with E-state index in [0.717, 1.165) is 0 Å². The number of ketones is 1. The Kier molecular flexibility index (Phi) is 7.34. The van der Waals surface area contributed by atoms with E-state index in [2.05, 4.69) is 6.58 Å². The molecular formula is C27H43NO8. The Hall–Kier alpha value is -1.81. The first kappa shape index (κ1) is 28.8. The van der Waals surface area contributed by atoms with Crippen molar-refractivity contribution in [1.29, 1.82) is 0 Å². The van der Waals surface area contributed by atoms with Crippen LogP contribution in [0.1, 0.15) is 67.2 Å². The third kappa shape index (κ3) is 4.12. The lowest BCUT2D eigenvalue weighted by atomic mass is 9.39. The third-order valence-corrected chi connectivity index (χ3v) is 9.03. The molecule has 2 N–H and O–H groups in total. The molecule has 1 aliphatic heterocycles. The molecule has 0 aromatic carbocycles. The summed E-state index contributed by atoms with van der Waals surface area (Å²) in [5, 5.41) is 24.0. The number of hydrogen-bond acceptors (Lipinski definition) is 9. The highest BCUT2D eigenvalue weighted by Gasteiger charge is 2.82. The minimum Gasteiger partial charge on any atom is -0.458 e. The first-order valence-electron chi connectivity index (χ1n) is 12.7. The maximum Gasteiger partial charge on any atom is 0.307 e. The van der Waals surface area contributed by atoms with Crippen molar-refractivity contribution in [3.63, 3.8) is 0 Å². The second-order valence-corrected chi connectivity index (χ2v) is 12.4. The first-order chi connectivity index (χ1) is 16.4. The molecule has 0 spiro atoms.